The Bertz CT molecular complexity index is 581. The maximum Gasteiger partial charge on any atom is 0.106 e. The Kier molecular flexibility index (Phi) is 7.40. The highest BCUT2D eigenvalue weighted by Crippen LogP contribution is 2.29. The zero-order valence-corrected chi connectivity index (χ0v) is 17.3. The highest BCUT2D eigenvalue weighted by molar-refractivity contribution is 5.03. The monoisotopic (exact) mass is 390 g/mol. The first-order valence-corrected chi connectivity index (χ1v) is 11.5. The van der Waals surface area contributed by atoms with Crippen LogP contribution in [-0.2, 0) is 17.7 Å². The van der Waals surface area contributed by atoms with Gasteiger partial charge in [0.1, 0.15) is 5.82 Å². The number of nitrogens with one attached hydrogen (secondary N) is 1. The number of aromatic amines is 1. The highest BCUT2D eigenvalue weighted by Gasteiger charge is 2.33. The summed E-state index contributed by atoms with van der Waals surface area (Å²) in [6.07, 6.45) is 12.0. The number of morpholine rings is 1. The standard InChI is InChI=1S/C22H38N4O2/c27-11-3-6-19-16-25(8-7-21(19)26-9-12-28-13-10-26)17-20-15-23-22(24-20)14-18-4-1-2-5-18/h15,18-19,21,27H,1-14,16-17H2,(H,23,24)/t19-,21+/m1/s1. The lowest BCUT2D eigenvalue weighted by molar-refractivity contribution is -0.0232. The van der Waals surface area contributed by atoms with Crippen molar-refractivity contribution in [2.45, 2.75) is 64.0 Å². The normalized spacial score (nSPS) is 28.2. The lowest BCUT2D eigenvalue weighted by Gasteiger charge is -2.45. The van der Waals surface area contributed by atoms with E-state index in [0.717, 1.165) is 71.1 Å². The smallest absolute Gasteiger partial charge is 0.106 e. The largest absolute Gasteiger partial charge is 0.396 e. The van der Waals surface area contributed by atoms with Gasteiger partial charge >= 0.3 is 0 Å². The first-order valence-electron chi connectivity index (χ1n) is 11.5. The molecule has 0 amide bonds. The van der Waals surface area contributed by atoms with Crippen LogP contribution in [0.3, 0.4) is 0 Å². The number of ether oxygens (including phenoxy) is 1. The number of H-pyrrole nitrogens is 1. The second-order valence-electron chi connectivity index (χ2n) is 9.08. The van der Waals surface area contributed by atoms with Gasteiger partial charge in [-0.25, -0.2) is 4.98 Å². The van der Waals surface area contributed by atoms with Gasteiger partial charge in [0.2, 0.25) is 0 Å². The molecular formula is C22H38N4O2. The average molecular weight is 391 g/mol. The summed E-state index contributed by atoms with van der Waals surface area (Å²) in [5.74, 6) is 2.66. The molecule has 0 spiro atoms. The second-order valence-corrected chi connectivity index (χ2v) is 9.08. The van der Waals surface area contributed by atoms with Gasteiger partial charge in [-0.05, 0) is 31.1 Å². The summed E-state index contributed by atoms with van der Waals surface area (Å²) in [6.45, 7) is 7.40. The number of rotatable bonds is 8. The van der Waals surface area contributed by atoms with Crippen molar-refractivity contribution in [2.75, 3.05) is 46.0 Å². The molecule has 2 aliphatic heterocycles. The number of aromatic nitrogens is 2. The van der Waals surface area contributed by atoms with Gasteiger partial charge in [-0.15, -0.1) is 0 Å². The van der Waals surface area contributed by atoms with E-state index in [-0.39, 0.29) is 0 Å². The number of piperidine rings is 1. The van der Waals surface area contributed by atoms with Crippen molar-refractivity contribution in [3.8, 4) is 0 Å². The Balaban J connectivity index is 1.31. The Labute approximate surface area is 169 Å². The summed E-state index contributed by atoms with van der Waals surface area (Å²) in [6, 6.07) is 0.645. The fraction of sp³-hybridized carbons (Fsp3) is 0.864. The van der Waals surface area contributed by atoms with Crippen LogP contribution in [0.2, 0.25) is 0 Å². The molecule has 0 radical (unpaired) electrons. The van der Waals surface area contributed by atoms with Crippen molar-refractivity contribution in [3.05, 3.63) is 17.7 Å². The minimum atomic E-state index is 0.303. The van der Waals surface area contributed by atoms with E-state index in [2.05, 4.69) is 26.0 Å². The van der Waals surface area contributed by atoms with E-state index < -0.39 is 0 Å². The van der Waals surface area contributed by atoms with E-state index in [1.807, 2.05) is 0 Å². The van der Waals surface area contributed by atoms with Crippen LogP contribution >= 0.6 is 0 Å². The molecule has 3 fully saturated rings. The first-order chi connectivity index (χ1) is 13.8. The molecule has 1 aromatic rings. The Hall–Kier alpha value is -0.950. The van der Waals surface area contributed by atoms with E-state index in [4.69, 9.17) is 4.74 Å². The fourth-order valence-corrected chi connectivity index (χ4v) is 5.58. The second kappa shape index (κ2) is 10.2. The molecule has 0 bridgehead atoms. The number of aliphatic hydroxyl groups is 1. The third-order valence-corrected chi connectivity index (χ3v) is 7.06. The van der Waals surface area contributed by atoms with E-state index >= 15 is 0 Å². The molecule has 2 atom stereocenters. The molecule has 4 rings (SSSR count). The van der Waals surface area contributed by atoms with Crippen LogP contribution in [0.25, 0.3) is 0 Å². The Morgan fingerprint density at radius 3 is 2.75 bits per heavy atom. The first kappa shape index (κ1) is 20.3. The number of nitrogens with zero attached hydrogens (tertiary/aromatic N) is 3. The minimum absolute atomic E-state index is 0.303. The molecule has 28 heavy (non-hydrogen) atoms. The maximum absolute atomic E-state index is 9.35. The van der Waals surface area contributed by atoms with Crippen LogP contribution in [0.4, 0.5) is 0 Å². The number of hydrogen-bond donors (Lipinski definition) is 2. The topological polar surface area (TPSA) is 64.6 Å². The summed E-state index contributed by atoms with van der Waals surface area (Å²) in [5, 5.41) is 9.35. The molecule has 2 saturated heterocycles. The zero-order valence-electron chi connectivity index (χ0n) is 17.3. The van der Waals surface area contributed by atoms with Crippen molar-refractivity contribution in [1.29, 1.82) is 0 Å². The molecule has 3 heterocycles. The third-order valence-electron chi connectivity index (χ3n) is 7.06. The SMILES string of the molecule is OCCC[C@@H]1CN(Cc2cnc(CC3CCCC3)[nH]2)CC[C@@H]1N1CCOCC1. The molecule has 6 heteroatoms. The fourth-order valence-electron chi connectivity index (χ4n) is 5.58. The Morgan fingerprint density at radius 1 is 1.14 bits per heavy atom. The van der Waals surface area contributed by atoms with Crippen LogP contribution in [0.1, 0.15) is 56.5 Å². The molecule has 0 unspecified atom stereocenters. The lowest BCUT2D eigenvalue weighted by Crippen LogP contribution is -2.53. The van der Waals surface area contributed by atoms with E-state index in [1.54, 1.807) is 0 Å². The van der Waals surface area contributed by atoms with Gasteiger partial charge in [0.15, 0.2) is 0 Å². The summed E-state index contributed by atoms with van der Waals surface area (Å²) >= 11 is 0. The summed E-state index contributed by atoms with van der Waals surface area (Å²) in [4.78, 5) is 13.5. The minimum Gasteiger partial charge on any atom is -0.396 e. The van der Waals surface area contributed by atoms with Crippen LogP contribution < -0.4 is 0 Å². The molecule has 1 aliphatic carbocycles. The molecule has 1 saturated carbocycles. The number of imidazole rings is 1. The van der Waals surface area contributed by atoms with Crippen molar-refractivity contribution in [3.63, 3.8) is 0 Å². The molecule has 6 nitrogen and oxygen atoms in total. The van der Waals surface area contributed by atoms with E-state index in [1.165, 1.54) is 43.6 Å². The Morgan fingerprint density at radius 2 is 1.96 bits per heavy atom. The van der Waals surface area contributed by atoms with Gasteiger partial charge in [0, 0.05) is 63.7 Å². The molecule has 3 aliphatic rings. The van der Waals surface area contributed by atoms with Gasteiger partial charge in [-0.2, -0.15) is 0 Å². The molecular weight excluding hydrogens is 352 g/mol. The summed E-state index contributed by atoms with van der Waals surface area (Å²) in [5.41, 5.74) is 1.26. The predicted molar refractivity (Wildman–Crippen MR) is 110 cm³/mol. The van der Waals surface area contributed by atoms with Crippen LogP contribution in [0.5, 0.6) is 0 Å². The molecule has 2 N–H and O–H groups in total. The molecule has 0 aromatic carbocycles. The average Bonchev–Trinajstić information content (AvgIpc) is 3.40. The van der Waals surface area contributed by atoms with Crippen molar-refractivity contribution < 1.29 is 9.84 Å². The van der Waals surface area contributed by atoms with Crippen LogP contribution in [-0.4, -0.2) is 76.9 Å². The van der Waals surface area contributed by atoms with E-state index in [9.17, 15) is 5.11 Å². The van der Waals surface area contributed by atoms with Crippen molar-refractivity contribution in [2.24, 2.45) is 11.8 Å². The predicted octanol–water partition coefficient (Wildman–Crippen LogP) is 2.44. The number of hydrogen-bond acceptors (Lipinski definition) is 5. The van der Waals surface area contributed by atoms with E-state index in [0.29, 0.717) is 18.6 Å². The van der Waals surface area contributed by atoms with Crippen molar-refractivity contribution >= 4 is 0 Å². The van der Waals surface area contributed by atoms with Crippen LogP contribution in [0, 0.1) is 11.8 Å². The van der Waals surface area contributed by atoms with Gasteiger partial charge in [0.05, 0.1) is 13.2 Å². The van der Waals surface area contributed by atoms with Gasteiger partial charge in [-0.3, -0.25) is 9.80 Å². The lowest BCUT2D eigenvalue weighted by atomic mass is 9.86. The number of likely N-dealkylation sites (tertiary alicyclic amines) is 1. The quantitative estimate of drug-likeness (QED) is 0.714. The number of aliphatic hydroxyl groups excluding tert-OH is 1. The molecule has 158 valence electrons. The summed E-state index contributed by atoms with van der Waals surface area (Å²) < 4.78 is 5.55. The maximum atomic E-state index is 9.35. The summed E-state index contributed by atoms with van der Waals surface area (Å²) in [7, 11) is 0. The van der Waals surface area contributed by atoms with Gasteiger partial charge in [0.25, 0.3) is 0 Å². The van der Waals surface area contributed by atoms with Gasteiger partial charge in [-0.1, -0.05) is 25.7 Å². The van der Waals surface area contributed by atoms with Crippen LogP contribution in [0.15, 0.2) is 6.20 Å². The van der Waals surface area contributed by atoms with Gasteiger partial charge < -0.3 is 14.8 Å². The third kappa shape index (κ3) is 5.35. The van der Waals surface area contributed by atoms with Crippen molar-refractivity contribution in [1.82, 2.24) is 19.8 Å². The highest BCUT2D eigenvalue weighted by atomic mass is 16.5. The zero-order chi connectivity index (χ0) is 19.2. The molecule has 1 aromatic heterocycles.